The number of hydrogen-bond donors (Lipinski definition) is 2. The fourth-order valence-electron chi connectivity index (χ4n) is 1.78. The van der Waals surface area contributed by atoms with Crippen molar-refractivity contribution in [1.29, 1.82) is 0 Å². The number of ether oxygens (including phenoxy) is 1. The monoisotopic (exact) mass is 298 g/mol. The fourth-order valence-corrected chi connectivity index (χ4v) is 2.00. The van der Waals surface area contributed by atoms with Crippen molar-refractivity contribution in [3.8, 4) is 5.75 Å². The minimum atomic E-state index is -0.514. The van der Waals surface area contributed by atoms with E-state index in [4.69, 9.17) is 22.1 Å². The summed E-state index contributed by atoms with van der Waals surface area (Å²) in [5, 5.41) is 3.23. The van der Waals surface area contributed by atoms with Crippen molar-refractivity contribution in [2.75, 3.05) is 5.32 Å². The molecule has 3 N–H and O–H groups in total. The van der Waals surface area contributed by atoms with Crippen LogP contribution < -0.4 is 15.8 Å². The topological polar surface area (TPSA) is 64.4 Å². The van der Waals surface area contributed by atoms with Crippen molar-refractivity contribution < 1.29 is 9.53 Å². The van der Waals surface area contributed by atoms with Gasteiger partial charge >= 0.3 is 0 Å². The molecule has 5 heteroatoms. The summed E-state index contributed by atoms with van der Waals surface area (Å²) in [6.45, 7) is 7.91. The van der Waals surface area contributed by atoms with E-state index in [2.05, 4.69) is 5.32 Å². The number of amides is 1. The maximum Gasteiger partial charge on any atom is 0.241 e. The number of nitrogens with two attached hydrogens (primary N) is 1. The molecule has 0 radical (unpaired) electrons. The second-order valence-electron chi connectivity index (χ2n) is 5.54. The Kier molecular flexibility index (Phi) is 6.30. The van der Waals surface area contributed by atoms with E-state index in [1.54, 1.807) is 18.2 Å². The summed E-state index contributed by atoms with van der Waals surface area (Å²) in [6.07, 6.45) is 0.695. The Morgan fingerprint density at radius 1 is 1.35 bits per heavy atom. The lowest BCUT2D eigenvalue weighted by atomic mass is 10.0. The van der Waals surface area contributed by atoms with Crippen LogP contribution in [0.5, 0.6) is 5.75 Å². The van der Waals surface area contributed by atoms with Crippen LogP contribution in [0, 0.1) is 5.92 Å². The molecule has 0 heterocycles. The third kappa shape index (κ3) is 5.39. The average molecular weight is 299 g/mol. The maximum absolute atomic E-state index is 11.9. The first-order valence-electron chi connectivity index (χ1n) is 6.82. The predicted octanol–water partition coefficient (Wildman–Crippen LogP) is 3.44. The smallest absolute Gasteiger partial charge is 0.241 e. The van der Waals surface area contributed by atoms with Gasteiger partial charge in [0.2, 0.25) is 5.91 Å². The Morgan fingerprint density at radius 3 is 2.50 bits per heavy atom. The van der Waals surface area contributed by atoms with Gasteiger partial charge in [0.15, 0.2) is 0 Å². The van der Waals surface area contributed by atoms with Crippen LogP contribution in [0.3, 0.4) is 0 Å². The second kappa shape index (κ2) is 7.50. The molecule has 0 aliphatic heterocycles. The summed E-state index contributed by atoms with van der Waals surface area (Å²) in [5.41, 5.74) is 6.45. The number of carbonyl (C=O) groups is 1. The lowest BCUT2D eigenvalue weighted by Gasteiger charge is -2.15. The van der Waals surface area contributed by atoms with Crippen molar-refractivity contribution >= 4 is 23.2 Å². The van der Waals surface area contributed by atoms with Crippen LogP contribution in [0.1, 0.15) is 34.1 Å². The van der Waals surface area contributed by atoms with E-state index in [1.807, 2.05) is 27.7 Å². The summed E-state index contributed by atoms with van der Waals surface area (Å²) in [4.78, 5) is 11.9. The minimum Gasteiger partial charge on any atom is -0.489 e. The predicted molar refractivity (Wildman–Crippen MR) is 83.3 cm³/mol. The van der Waals surface area contributed by atoms with E-state index in [-0.39, 0.29) is 12.0 Å². The Bertz CT molecular complexity index is 461. The van der Waals surface area contributed by atoms with Gasteiger partial charge in [-0.05, 0) is 44.4 Å². The first kappa shape index (κ1) is 16.8. The fraction of sp³-hybridized carbons (Fsp3) is 0.533. The molecule has 0 bridgehead atoms. The zero-order chi connectivity index (χ0) is 15.3. The van der Waals surface area contributed by atoms with Gasteiger partial charge in [0.05, 0.1) is 17.2 Å². The molecule has 0 spiro atoms. The van der Waals surface area contributed by atoms with E-state index in [0.717, 1.165) is 0 Å². The molecule has 1 aromatic rings. The van der Waals surface area contributed by atoms with Crippen molar-refractivity contribution in [1.82, 2.24) is 0 Å². The van der Waals surface area contributed by atoms with Crippen LogP contribution in [0.25, 0.3) is 0 Å². The van der Waals surface area contributed by atoms with Crippen molar-refractivity contribution in [3.63, 3.8) is 0 Å². The second-order valence-corrected chi connectivity index (χ2v) is 5.94. The van der Waals surface area contributed by atoms with Crippen LogP contribution in [0.2, 0.25) is 5.02 Å². The quantitative estimate of drug-likeness (QED) is 0.845. The van der Waals surface area contributed by atoms with E-state index < -0.39 is 6.04 Å². The molecule has 112 valence electrons. The molecule has 1 rings (SSSR count). The molecule has 0 aliphatic carbocycles. The van der Waals surface area contributed by atoms with Gasteiger partial charge in [0, 0.05) is 5.69 Å². The summed E-state index contributed by atoms with van der Waals surface area (Å²) < 4.78 is 5.54. The number of carbonyl (C=O) groups excluding carboxylic acids is 1. The number of benzene rings is 1. The Morgan fingerprint density at radius 2 is 2.00 bits per heavy atom. The number of hydrogen-bond acceptors (Lipinski definition) is 3. The Hall–Kier alpha value is -1.26. The molecule has 1 unspecified atom stereocenters. The van der Waals surface area contributed by atoms with Gasteiger partial charge in [-0.2, -0.15) is 0 Å². The summed E-state index contributed by atoms with van der Waals surface area (Å²) in [7, 11) is 0. The normalized spacial score (nSPS) is 12.6. The van der Waals surface area contributed by atoms with Crippen LogP contribution in [0.15, 0.2) is 18.2 Å². The highest BCUT2D eigenvalue weighted by Gasteiger charge is 2.15. The third-order valence-electron chi connectivity index (χ3n) is 2.62. The molecule has 4 nitrogen and oxygen atoms in total. The minimum absolute atomic E-state index is 0.0485. The molecule has 0 saturated heterocycles. The molecular formula is C15H23ClN2O2. The van der Waals surface area contributed by atoms with Gasteiger partial charge in [0.1, 0.15) is 5.75 Å². The molecule has 0 aromatic heterocycles. The first-order chi connectivity index (χ1) is 9.29. The Labute approximate surface area is 125 Å². The van der Waals surface area contributed by atoms with Crippen molar-refractivity contribution in [2.24, 2.45) is 11.7 Å². The SMILES string of the molecule is CC(C)CC(N)C(=O)Nc1ccc(OC(C)C)c(Cl)c1. The Balaban J connectivity index is 2.69. The number of nitrogens with one attached hydrogen (secondary N) is 1. The summed E-state index contributed by atoms with van der Waals surface area (Å²) in [5.74, 6) is 0.777. The molecule has 0 fully saturated rings. The van der Waals surface area contributed by atoms with Crippen molar-refractivity contribution in [3.05, 3.63) is 23.2 Å². The maximum atomic E-state index is 11.9. The molecule has 1 aromatic carbocycles. The van der Waals surface area contributed by atoms with E-state index in [1.165, 1.54) is 0 Å². The zero-order valence-electron chi connectivity index (χ0n) is 12.4. The average Bonchev–Trinajstić information content (AvgIpc) is 2.31. The highest BCUT2D eigenvalue weighted by atomic mass is 35.5. The van der Waals surface area contributed by atoms with Crippen LogP contribution in [-0.4, -0.2) is 18.1 Å². The van der Waals surface area contributed by atoms with Gasteiger partial charge < -0.3 is 15.8 Å². The standard InChI is InChI=1S/C15H23ClN2O2/c1-9(2)7-13(17)15(19)18-11-5-6-14(12(16)8-11)20-10(3)4/h5-6,8-10,13H,7,17H2,1-4H3,(H,18,19). The van der Waals surface area contributed by atoms with Gasteiger partial charge in [-0.15, -0.1) is 0 Å². The van der Waals surface area contributed by atoms with Crippen LogP contribution >= 0.6 is 11.6 Å². The van der Waals surface area contributed by atoms with Gasteiger partial charge in [-0.25, -0.2) is 0 Å². The molecule has 0 saturated carbocycles. The molecule has 20 heavy (non-hydrogen) atoms. The molecule has 1 amide bonds. The highest BCUT2D eigenvalue weighted by molar-refractivity contribution is 6.32. The molecule has 0 aliphatic rings. The van der Waals surface area contributed by atoms with Gasteiger partial charge in [-0.3, -0.25) is 4.79 Å². The first-order valence-corrected chi connectivity index (χ1v) is 7.20. The summed E-state index contributed by atoms with van der Waals surface area (Å²) in [6, 6.07) is 4.65. The lowest BCUT2D eigenvalue weighted by molar-refractivity contribution is -0.117. The van der Waals surface area contributed by atoms with E-state index >= 15 is 0 Å². The summed E-state index contributed by atoms with van der Waals surface area (Å²) >= 11 is 6.11. The highest BCUT2D eigenvalue weighted by Crippen LogP contribution is 2.28. The van der Waals surface area contributed by atoms with E-state index in [0.29, 0.717) is 28.8 Å². The van der Waals surface area contributed by atoms with Gasteiger partial charge in [-0.1, -0.05) is 25.4 Å². The van der Waals surface area contributed by atoms with E-state index in [9.17, 15) is 4.79 Å². The molecular weight excluding hydrogens is 276 g/mol. The van der Waals surface area contributed by atoms with Gasteiger partial charge in [0.25, 0.3) is 0 Å². The zero-order valence-corrected chi connectivity index (χ0v) is 13.2. The van der Waals surface area contributed by atoms with Crippen LogP contribution in [-0.2, 0) is 4.79 Å². The van der Waals surface area contributed by atoms with Crippen LogP contribution in [0.4, 0.5) is 5.69 Å². The number of rotatable bonds is 6. The molecule has 1 atom stereocenters. The third-order valence-corrected chi connectivity index (χ3v) is 2.92. The lowest BCUT2D eigenvalue weighted by Crippen LogP contribution is -2.36. The number of halogens is 1. The number of anilines is 1. The van der Waals surface area contributed by atoms with Crippen molar-refractivity contribution in [2.45, 2.75) is 46.3 Å². The largest absolute Gasteiger partial charge is 0.489 e.